The molecule has 1 aliphatic carbocycles. The molecule has 2 fully saturated rings. The van der Waals surface area contributed by atoms with Crippen molar-refractivity contribution in [3.63, 3.8) is 0 Å². The van der Waals surface area contributed by atoms with E-state index in [2.05, 4.69) is 12.2 Å². The fourth-order valence-electron chi connectivity index (χ4n) is 1.70. The van der Waals surface area contributed by atoms with Gasteiger partial charge in [0.15, 0.2) is 0 Å². The third-order valence-electron chi connectivity index (χ3n) is 3.00. The molecule has 0 spiro atoms. The van der Waals surface area contributed by atoms with Crippen LogP contribution in [0, 0.1) is 11.3 Å². The Morgan fingerprint density at radius 2 is 2.30 bits per heavy atom. The maximum Gasteiger partial charge on any atom is 0.220 e. The van der Waals surface area contributed by atoms with Crippen LogP contribution in [0.4, 0.5) is 0 Å². The van der Waals surface area contributed by atoms with Crippen molar-refractivity contribution in [2.24, 2.45) is 11.3 Å². The van der Waals surface area contributed by atoms with Crippen molar-refractivity contribution in [2.45, 2.75) is 26.2 Å². The lowest BCUT2D eigenvalue weighted by Gasteiger charge is -2.13. The van der Waals surface area contributed by atoms with E-state index in [1.807, 2.05) is 0 Å². The average Bonchev–Trinajstić information content (AvgIpc) is 2.45. The first-order chi connectivity index (χ1) is 4.71. The highest BCUT2D eigenvalue weighted by atomic mass is 16.1. The Balaban J connectivity index is 2.01. The minimum absolute atomic E-state index is 0.248. The molecule has 0 aromatic carbocycles. The van der Waals surface area contributed by atoms with E-state index < -0.39 is 0 Å². The zero-order valence-corrected chi connectivity index (χ0v) is 6.31. The van der Waals surface area contributed by atoms with E-state index in [1.165, 1.54) is 12.8 Å². The van der Waals surface area contributed by atoms with Crippen LogP contribution >= 0.6 is 0 Å². The van der Waals surface area contributed by atoms with Gasteiger partial charge in [0, 0.05) is 13.0 Å². The number of hydrogen-bond acceptors (Lipinski definition) is 1. The molecule has 2 aliphatic rings. The van der Waals surface area contributed by atoms with Crippen LogP contribution in [0.5, 0.6) is 0 Å². The van der Waals surface area contributed by atoms with E-state index in [0.717, 1.165) is 13.0 Å². The number of carbonyl (C=O) groups excluding carboxylic acids is 1. The van der Waals surface area contributed by atoms with Gasteiger partial charge in [-0.2, -0.15) is 0 Å². The van der Waals surface area contributed by atoms with E-state index in [4.69, 9.17) is 0 Å². The number of hydrogen-bond donors (Lipinski definition) is 1. The van der Waals surface area contributed by atoms with E-state index >= 15 is 0 Å². The van der Waals surface area contributed by atoms with Crippen LogP contribution in [0.25, 0.3) is 0 Å². The fourth-order valence-corrected chi connectivity index (χ4v) is 1.70. The first-order valence-electron chi connectivity index (χ1n) is 3.97. The average molecular weight is 139 g/mol. The molecule has 1 saturated heterocycles. The van der Waals surface area contributed by atoms with E-state index in [1.54, 1.807) is 0 Å². The van der Waals surface area contributed by atoms with Gasteiger partial charge in [0.25, 0.3) is 0 Å². The summed E-state index contributed by atoms with van der Waals surface area (Å²) in [5.41, 5.74) is 0.527. The summed E-state index contributed by atoms with van der Waals surface area (Å²) in [5.74, 6) is 0.887. The zero-order chi connectivity index (χ0) is 7.19. The second-order valence-corrected chi connectivity index (χ2v) is 3.86. The number of rotatable bonds is 1. The van der Waals surface area contributed by atoms with Crippen molar-refractivity contribution in [1.82, 2.24) is 5.32 Å². The summed E-state index contributed by atoms with van der Waals surface area (Å²) in [4.78, 5) is 10.8. The Morgan fingerprint density at radius 1 is 1.60 bits per heavy atom. The highest BCUT2D eigenvalue weighted by molar-refractivity contribution is 5.78. The van der Waals surface area contributed by atoms with Crippen molar-refractivity contribution in [3.8, 4) is 0 Å². The van der Waals surface area contributed by atoms with Gasteiger partial charge in [0.2, 0.25) is 5.91 Å². The molecule has 2 rings (SSSR count). The summed E-state index contributed by atoms with van der Waals surface area (Å²) in [6.45, 7) is 3.22. The van der Waals surface area contributed by atoms with Crippen molar-refractivity contribution in [2.75, 3.05) is 6.54 Å². The van der Waals surface area contributed by atoms with Gasteiger partial charge >= 0.3 is 0 Å². The molecule has 2 nitrogen and oxygen atoms in total. The lowest BCUT2D eigenvalue weighted by molar-refractivity contribution is -0.119. The minimum Gasteiger partial charge on any atom is -0.356 e. The maximum absolute atomic E-state index is 10.8. The monoisotopic (exact) mass is 139 g/mol. The molecule has 1 atom stereocenters. The van der Waals surface area contributed by atoms with Gasteiger partial charge in [-0.1, -0.05) is 6.92 Å². The third kappa shape index (κ3) is 0.825. The highest BCUT2D eigenvalue weighted by Crippen LogP contribution is 2.53. The van der Waals surface area contributed by atoms with E-state index in [9.17, 15) is 4.79 Å². The molecular formula is C8H13NO. The smallest absolute Gasteiger partial charge is 0.220 e. The van der Waals surface area contributed by atoms with Crippen LogP contribution in [0.3, 0.4) is 0 Å². The van der Waals surface area contributed by atoms with Crippen LogP contribution in [-0.4, -0.2) is 12.5 Å². The summed E-state index contributed by atoms with van der Waals surface area (Å²) >= 11 is 0. The van der Waals surface area contributed by atoms with Gasteiger partial charge < -0.3 is 5.32 Å². The molecule has 0 aromatic heterocycles. The van der Waals surface area contributed by atoms with Gasteiger partial charge in [-0.3, -0.25) is 4.79 Å². The molecule has 2 heteroatoms. The molecule has 1 heterocycles. The van der Waals surface area contributed by atoms with Gasteiger partial charge in [0.05, 0.1) is 0 Å². The van der Waals surface area contributed by atoms with Crippen LogP contribution in [-0.2, 0) is 4.79 Å². The van der Waals surface area contributed by atoms with Gasteiger partial charge in [-0.25, -0.2) is 0 Å². The quantitative estimate of drug-likeness (QED) is 0.575. The predicted molar refractivity (Wildman–Crippen MR) is 38.5 cm³/mol. The highest BCUT2D eigenvalue weighted by Gasteiger charge is 2.47. The van der Waals surface area contributed by atoms with Crippen molar-refractivity contribution < 1.29 is 4.79 Å². The number of nitrogens with one attached hydrogen (secondary N) is 1. The molecule has 1 N–H and O–H groups in total. The summed E-state index contributed by atoms with van der Waals surface area (Å²) in [6, 6.07) is 0. The molecule has 10 heavy (non-hydrogen) atoms. The van der Waals surface area contributed by atoms with E-state index in [0.29, 0.717) is 11.3 Å². The van der Waals surface area contributed by atoms with Gasteiger partial charge in [-0.15, -0.1) is 0 Å². The first kappa shape index (κ1) is 6.20. The van der Waals surface area contributed by atoms with Gasteiger partial charge in [0.1, 0.15) is 0 Å². The summed E-state index contributed by atoms with van der Waals surface area (Å²) in [5, 5.41) is 2.88. The van der Waals surface area contributed by atoms with Crippen LogP contribution in [0.15, 0.2) is 0 Å². The molecule has 1 saturated carbocycles. The molecular weight excluding hydrogens is 126 g/mol. The third-order valence-corrected chi connectivity index (χ3v) is 3.00. The maximum atomic E-state index is 10.8. The predicted octanol–water partition coefficient (Wildman–Crippen LogP) is 0.923. The normalized spacial score (nSPS) is 35.7. The number of carbonyl (C=O) groups is 1. The van der Waals surface area contributed by atoms with Crippen molar-refractivity contribution in [3.05, 3.63) is 0 Å². The fraction of sp³-hybridized carbons (Fsp3) is 0.875. The molecule has 0 radical (unpaired) electrons. The first-order valence-corrected chi connectivity index (χ1v) is 3.97. The Kier molecular flexibility index (Phi) is 1.08. The molecule has 0 bridgehead atoms. The summed E-state index contributed by atoms with van der Waals surface area (Å²) < 4.78 is 0. The van der Waals surface area contributed by atoms with Crippen LogP contribution < -0.4 is 5.32 Å². The molecule has 1 unspecified atom stereocenters. The minimum atomic E-state index is 0.248. The van der Waals surface area contributed by atoms with Gasteiger partial charge in [-0.05, 0) is 24.2 Å². The Morgan fingerprint density at radius 3 is 2.70 bits per heavy atom. The summed E-state index contributed by atoms with van der Waals surface area (Å²) in [6.07, 6.45) is 3.43. The summed E-state index contributed by atoms with van der Waals surface area (Å²) in [7, 11) is 0. The molecule has 1 aliphatic heterocycles. The van der Waals surface area contributed by atoms with Crippen LogP contribution in [0.1, 0.15) is 26.2 Å². The molecule has 56 valence electrons. The van der Waals surface area contributed by atoms with E-state index in [-0.39, 0.29) is 5.91 Å². The second kappa shape index (κ2) is 1.74. The molecule has 0 aromatic rings. The zero-order valence-electron chi connectivity index (χ0n) is 6.31. The van der Waals surface area contributed by atoms with Crippen molar-refractivity contribution in [1.29, 1.82) is 0 Å². The second-order valence-electron chi connectivity index (χ2n) is 3.86. The Labute approximate surface area is 61.0 Å². The topological polar surface area (TPSA) is 29.1 Å². The van der Waals surface area contributed by atoms with Crippen molar-refractivity contribution >= 4 is 5.91 Å². The Hall–Kier alpha value is -0.530. The lowest BCUT2D eigenvalue weighted by Crippen LogP contribution is -2.17. The SMILES string of the molecule is CC1(C2CNC(=O)C2)CC1. The lowest BCUT2D eigenvalue weighted by atomic mass is 9.90. The standard InChI is InChI=1S/C8H13NO/c1-8(2-3-8)6-4-7(10)9-5-6/h6H,2-5H2,1H3,(H,9,10). The van der Waals surface area contributed by atoms with Crippen LogP contribution in [0.2, 0.25) is 0 Å². The molecule has 1 amide bonds. The number of amides is 1. The Bertz CT molecular complexity index is 172. The largest absolute Gasteiger partial charge is 0.356 e.